The molecule has 13 fully saturated rings. The van der Waals surface area contributed by atoms with Crippen LogP contribution in [0.4, 0.5) is 0 Å². The quantitative estimate of drug-likeness (QED) is 0.142. The molecule has 4 atom stereocenters. The van der Waals surface area contributed by atoms with Gasteiger partial charge in [-0.2, -0.15) is 0 Å². The monoisotopic (exact) mass is 1150 g/mol. The van der Waals surface area contributed by atoms with Gasteiger partial charge in [0.15, 0.2) is 0 Å². The van der Waals surface area contributed by atoms with Crippen molar-refractivity contribution in [1.29, 1.82) is 0 Å². The summed E-state index contributed by atoms with van der Waals surface area (Å²) < 4.78 is 0. The van der Waals surface area contributed by atoms with Gasteiger partial charge in [-0.3, -0.25) is 9.80 Å². The summed E-state index contributed by atoms with van der Waals surface area (Å²) >= 11 is 0. The number of hydrogen-bond donors (Lipinski definition) is 0. The number of fused-ring (bicyclic) bond motifs is 2. The molecule has 0 amide bonds. The number of nitrogens with zero attached hydrogens (tertiary/aromatic N) is 2. The SMILES string of the molecule is C(=C(C1CCCCC1)C1CCC(N(C2CCCCC2)C2CCC(/C=C/C3CCCCC3)CC2)CC1)C1C2CCCCC2C(C=C(C2CCCCC2)C2CCC(N(C3CCCCC3)C3CCC(/C=C/C4CCCCC4)CC3)CC2)C2CCCCC12. The van der Waals surface area contributed by atoms with Crippen LogP contribution in [0.25, 0.3) is 0 Å². The summed E-state index contributed by atoms with van der Waals surface area (Å²) in [5.41, 5.74) is 4.19. The Balaban J connectivity index is 0.713. The van der Waals surface area contributed by atoms with Gasteiger partial charge in [0.1, 0.15) is 0 Å². The fourth-order valence-corrected chi connectivity index (χ4v) is 24.4. The van der Waals surface area contributed by atoms with Gasteiger partial charge in [0.2, 0.25) is 0 Å². The van der Waals surface area contributed by atoms with E-state index < -0.39 is 0 Å². The van der Waals surface area contributed by atoms with Crippen molar-refractivity contribution in [2.24, 2.45) is 82.9 Å². The van der Waals surface area contributed by atoms with Crippen LogP contribution in [0, 0.1) is 82.9 Å². The molecule has 4 unspecified atom stereocenters. The van der Waals surface area contributed by atoms with E-state index in [1.54, 1.807) is 25.7 Å². The Labute approximate surface area is 520 Å². The van der Waals surface area contributed by atoms with Gasteiger partial charge < -0.3 is 0 Å². The summed E-state index contributed by atoms with van der Waals surface area (Å²) in [7, 11) is 0. The highest BCUT2D eigenvalue weighted by Gasteiger charge is 2.51. The van der Waals surface area contributed by atoms with Gasteiger partial charge in [-0.05, 0) is 288 Å². The second kappa shape index (κ2) is 31.3. The van der Waals surface area contributed by atoms with Gasteiger partial charge in [0.25, 0.3) is 0 Å². The summed E-state index contributed by atoms with van der Waals surface area (Å²) in [6.07, 6.45) is 98.3. The minimum Gasteiger partial charge on any atom is -0.294 e. The second-order valence-electron chi connectivity index (χ2n) is 33.6. The van der Waals surface area contributed by atoms with Crippen molar-refractivity contribution < 1.29 is 0 Å². The first-order valence-corrected chi connectivity index (χ1v) is 40.0. The fourth-order valence-electron chi connectivity index (χ4n) is 24.4. The summed E-state index contributed by atoms with van der Waals surface area (Å²) in [5.74, 6) is 12.6. The van der Waals surface area contributed by atoms with Gasteiger partial charge >= 0.3 is 0 Å². The predicted molar refractivity (Wildman–Crippen MR) is 359 cm³/mol. The predicted octanol–water partition coefficient (Wildman–Crippen LogP) is 23.6. The Morgan fingerprint density at radius 2 is 0.405 bits per heavy atom. The Hall–Kier alpha value is -1.12. The molecule has 472 valence electrons. The molecule has 0 radical (unpaired) electrons. The third-order valence-corrected chi connectivity index (χ3v) is 28.8. The highest BCUT2D eigenvalue weighted by molar-refractivity contribution is 5.23. The second-order valence-corrected chi connectivity index (χ2v) is 33.6. The molecule has 2 heteroatoms. The molecule has 0 aromatic heterocycles. The minimum atomic E-state index is 0.858. The lowest BCUT2D eigenvalue weighted by Crippen LogP contribution is -2.52. The molecule has 2 nitrogen and oxygen atoms in total. The van der Waals surface area contributed by atoms with E-state index in [-0.39, 0.29) is 0 Å². The molecular formula is C82H134N2. The first kappa shape index (κ1) is 61.7. The maximum atomic E-state index is 3.32. The molecule has 0 spiro atoms. The zero-order valence-corrected chi connectivity index (χ0v) is 55.1. The smallest absolute Gasteiger partial charge is 0.0102 e. The van der Waals surface area contributed by atoms with E-state index in [4.69, 9.17) is 0 Å². The van der Waals surface area contributed by atoms with Crippen molar-refractivity contribution in [1.82, 2.24) is 9.80 Å². The Morgan fingerprint density at radius 3 is 0.702 bits per heavy atom. The van der Waals surface area contributed by atoms with E-state index in [1.807, 2.05) is 0 Å². The molecular weight excluding hydrogens is 1010 g/mol. The zero-order valence-electron chi connectivity index (χ0n) is 55.1. The van der Waals surface area contributed by atoms with Crippen molar-refractivity contribution in [2.75, 3.05) is 0 Å². The fraction of sp³-hybridized carbons (Fsp3) is 0.902. The molecule has 13 aliphatic carbocycles. The lowest BCUT2D eigenvalue weighted by Gasteiger charge is -2.55. The van der Waals surface area contributed by atoms with Crippen LogP contribution in [-0.2, 0) is 0 Å². The van der Waals surface area contributed by atoms with Crippen LogP contribution in [0.15, 0.2) is 47.6 Å². The van der Waals surface area contributed by atoms with E-state index in [0.717, 1.165) is 119 Å². The average molecular weight is 1150 g/mol. The zero-order chi connectivity index (χ0) is 56.3. The van der Waals surface area contributed by atoms with Gasteiger partial charge in [-0.1, -0.05) is 189 Å². The van der Waals surface area contributed by atoms with Crippen LogP contribution < -0.4 is 0 Å². The van der Waals surface area contributed by atoms with Crippen LogP contribution in [0.1, 0.15) is 347 Å². The minimum absolute atomic E-state index is 0.858. The Bertz CT molecular complexity index is 1860. The van der Waals surface area contributed by atoms with Crippen molar-refractivity contribution in [3.8, 4) is 0 Å². The Kier molecular flexibility index (Phi) is 23.0. The topological polar surface area (TPSA) is 6.48 Å². The first-order chi connectivity index (χ1) is 41.7. The van der Waals surface area contributed by atoms with Crippen LogP contribution >= 0.6 is 0 Å². The molecule has 13 aliphatic rings. The molecule has 0 aromatic carbocycles. The average Bonchev–Trinajstić information content (AvgIpc) is 3.36. The Morgan fingerprint density at radius 1 is 0.190 bits per heavy atom. The van der Waals surface area contributed by atoms with Crippen LogP contribution in [0.3, 0.4) is 0 Å². The van der Waals surface area contributed by atoms with Crippen LogP contribution in [-0.4, -0.2) is 46.1 Å². The molecule has 84 heavy (non-hydrogen) atoms. The largest absolute Gasteiger partial charge is 0.294 e. The number of allylic oxidation sites excluding steroid dienone is 8. The molecule has 0 N–H and O–H groups in total. The summed E-state index contributed by atoms with van der Waals surface area (Å²) in [6.45, 7) is 0. The highest BCUT2D eigenvalue weighted by atomic mass is 15.2. The van der Waals surface area contributed by atoms with Gasteiger partial charge in [0, 0.05) is 36.3 Å². The third kappa shape index (κ3) is 15.4. The summed E-state index contributed by atoms with van der Waals surface area (Å²) in [5, 5.41) is 0. The van der Waals surface area contributed by atoms with E-state index in [2.05, 4.69) is 57.4 Å². The van der Waals surface area contributed by atoms with E-state index in [1.165, 1.54) is 321 Å². The third-order valence-electron chi connectivity index (χ3n) is 28.8. The lowest BCUT2D eigenvalue weighted by atomic mass is 9.49. The van der Waals surface area contributed by atoms with Crippen molar-refractivity contribution in [3.05, 3.63) is 47.6 Å². The summed E-state index contributed by atoms with van der Waals surface area (Å²) in [4.78, 5) is 6.63. The van der Waals surface area contributed by atoms with Crippen LogP contribution in [0.2, 0.25) is 0 Å². The standard InChI is InChI=1S/C82H134N2/c1-7-23-61(24-8-1)39-41-63-43-51-71(52-44-63)83(69-31-15-5-16-32-69)73-55-47-67(48-56-73)79(65-27-11-3-12-28-65)59-81-75-35-19-21-37-77(75)82(78-38-22-20-36-76(78)81)60-80(66-29-13-4-14-30-66)68-49-57-74(58-50-68)84(70-33-17-6-18-34-70)72-53-45-64(46-54-72)42-40-62-25-9-2-10-26-62/h39-42,59-78,81-82H,1-38,43-58H2/b41-39+,42-40+,79-59?,80-60?. The normalized spacial score (nSPS) is 39.9. The molecule has 0 heterocycles. The molecule has 13 rings (SSSR count). The van der Waals surface area contributed by atoms with Crippen molar-refractivity contribution in [3.63, 3.8) is 0 Å². The van der Waals surface area contributed by atoms with Gasteiger partial charge in [0.05, 0.1) is 0 Å². The number of rotatable bonds is 16. The van der Waals surface area contributed by atoms with E-state index in [9.17, 15) is 0 Å². The maximum Gasteiger partial charge on any atom is 0.0102 e. The summed E-state index contributed by atoms with van der Waals surface area (Å²) in [6, 6.07) is 5.20. The van der Waals surface area contributed by atoms with Crippen molar-refractivity contribution in [2.45, 2.75) is 383 Å². The van der Waals surface area contributed by atoms with E-state index >= 15 is 0 Å². The molecule has 0 bridgehead atoms. The molecule has 0 aliphatic heterocycles. The lowest BCUT2D eigenvalue weighted by molar-refractivity contribution is -0.0258. The molecule has 0 saturated heterocycles. The van der Waals surface area contributed by atoms with Gasteiger partial charge in [-0.25, -0.2) is 0 Å². The first-order valence-electron chi connectivity index (χ1n) is 40.0. The molecule has 13 saturated carbocycles. The maximum absolute atomic E-state index is 3.32. The van der Waals surface area contributed by atoms with E-state index in [0.29, 0.717) is 0 Å². The van der Waals surface area contributed by atoms with Crippen molar-refractivity contribution >= 4 is 0 Å². The molecule has 0 aromatic rings. The highest BCUT2D eigenvalue weighted by Crippen LogP contribution is 2.59. The van der Waals surface area contributed by atoms with Crippen LogP contribution in [0.5, 0.6) is 0 Å². The number of hydrogen-bond acceptors (Lipinski definition) is 2. The van der Waals surface area contributed by atoms with Gasteiger partial charge in [-0.15, -0.1) is 0 Å².